The summed E-state index contributed by atoms with van der Waals surface area (Å²) in [4.78, 5) is 11.6. The Balaban J connectivity index is 2.20. The Bertz CT molecular complexity index is 606. The van der Waals surface area contributed by atoms with Crippen LogP contribution in [-0.4, -0.2) is 5.91 Å². The lowest BCUT2D eigenvalue weighted by Crippen LogP contribution is -2.27. The van der Waals surface area contributed by atoms with E-state index in [4.69, 9.17) is 5.73 Å². The van der Waals surface area contributed by atoms with Gasteiger partial charge in [-0.1, -0.05) is 38.1 Å². The van der Waals surface area contributed by atoms with E-state index in [0.29, 0.717) is 11.5 Å². The summed E-state index contributed by atoms with van der Waals surface area (Å²) in [5, 5.41) is 3.08. The number of halogens is 1. The second kappa shape index (κ2) is 6.39. The Hall–Kier alpha value is -2.36. The van der Waals surface area contributed by atoms with Gasteiger partial charge in [-0.25, -0.2) is 4.39 Å². The minimum absolute atomic E-state index is 0.344. The number of hydrogen-bond donors (Lipinski definition) is 2. The van der Waals surface area contributed by atoms with E-state index in [0.717, 1.165) is 5.69 Å². The van der Waals surface area contributed by atoms with Crippen LogP contribution in [0.4, 0.5) is 10.1 Å². The molecule has 0 radical (unpaired) electrons. The number of nitrogens with one attached hydrogen (secondary N) is 1. The molecule has 0 saturated heterocycles. The Kier molecular flexibility index (Phi) is 4.58. The average Bonchev–Trinajstić information content (AvgIpc) is 2.46. The number of primary amides is 1. The lowest BCUT2D eigenvalue weighted by Gasteiger charge is -2.17. The van der Waals surface area contributed by atoms with Crippen molar-refractivity contribution in [2.45, 2.75) is 25.8 Å². The molecular formula is C17H19FN2O. The van der Waals surface area contributed by atoms with E-state index in [1.54, 1.807) is 12.1 Å². The minimum atomic E-state index is -0.685. The molecule has 0 aliphatic heterocycles. The molecule has 1 amide bonds. The molecule has 3 nitrogen and oxygen atoms in total. The molecule has 0 aromatic heterocycles. The third-order valence-corrected chi connectivity index (χ3v) is 3.38. The Morgan fingerprint density at radius 3 is 2.00 bits per heavy atom. The van der Waals surface area contributed by atoms with Crippen molar-refractivity contribution in [1.82, 2.24) is 0 Å². The van der Waals surface area contributed by atoms with E-state index in [1.165, 1.54) is 17.7 Å². The second-order valence-corrected chi connectivity index (χ2v) is 5.31. The van der Waals surface area contributed by atoms with Crippen LogP contribution >= 0.6 is 0 Å². The molecule has 0 bridgehead atoms. The fraction of sp³-hybridized carbons (Fsp3) is 0.235. The van der Waals surface area contributed by atoms with E-state index in [1.807, 2.05) is 24.3 Å². The molecular weight excluding hydrogens is 267 g/mol. The predicted molar refractivity (Wildman–Crippen MR) is 82.5 cm³/mol. The molecule has 0 spiro atoms. The molecule has 1 atom stereocenters. The van der Waals surface area contributed by atoms with Crippen LogP contribution in [0.25, 0.3) is 0 Å². The molecule has 2 aromatic rings. The zero-order valence-electron chi connectivity index (χ0n) is 12.1. The van der Waals surface area contributed by atoms with Crippen LogP contribution in [0.15, 0.2) is 48.5 Å². The maximum Gasteiger partial charge on any atom is 0.244 e. The van der Waals surface area contributed by atoms with Gasteiger partial charge in [0.25, 0.3) is 0 Å². The summed E-state index contributed by atoms with van der Waals surface area (Å²) < 4.78 is 13.0. The number of amides is 1. The van der Waals surface area contributed by atoms with Gasteiger partial charge in [0.2, 0.25) is 5.91 Å². The highest BCUT2D eigenvalue weighted by Crippen LogP contribution is 2.22. The highest BCUT2D eigenvalue weighted by atomic mass is 19.1. The first-order valence-electron chi connectivity index (χ1n) is 6.88. The van der Waals surface area contributed by atoms with E-state index in [9.17, 15) is 9.18 Å². The molecule has 1 unspecified atom stereocenters. The third-order valence-electron chi connectivity index (χ3n) is 3.38. The number of anilines is 1. The zero-order valence-corrected chi connectivity index (χ0v) is 12.1. The summed E-state index contributed by atoms with van der Waals surface area (Å²) >= 11 is 0. The van der Waals surface area contributed by atoms with Crippen molar-refractivity contribution in [2.75, 3.05) is 5.32 Å². The van der Waals surface area contributed by atoms with Gasteiger partial charge >= 0.3 is 0 Å². The van der Waals surface area contributed by atoms with Crippen LogP contribution in [-0.2, 0) is 4.79 Å². The van der Waals surface area contributed by atoms with Crippen molar-refractivity contribution in [3.05, 3.63) is 65.5 Å². The number of carbonyl (C=O) groups excluding carboxylic acids is 1. The van der Waals surface area contributed by atoms with E-state index >= 15 is 0 Å². The quantitative estimate of drug-likeness (QED) is 0.882. The molecule has 21 heavy (non-hydrogen) atoms. The number of carbonyl (C=O) groups is 1. The van der Waals surface area contributed by atoms with Gasteiger partial charge in [0.05, 0.1) is 0 Å². The van der Waals surface area contributed by atoms with Gasteiger partial charge in [0.15, 0.2) is 0 Å². The van der Waals surface area contributed by atoms with Crippen molar-refractivity contribution < 1.29 is 9.18 Å². The summed E-state index contributed by atoms with van der Waals surface area (Å²) in [6.45, 7) is 4.24. The van der Waals surface area contributed by atoms with Gasteiger partial charge < -0.3 is 11.1 Å². The summed E-state index contributed by atoms with van der Waals surface area (Å²) in [5.74, 6) is -0.402. The van der Waals surface area contributed by atoms with Crippen LogP contribution in [0.2, 0.25) is 0 Å². The van der Waals surface area contributed by atoms with Crippen molar-refractivity contribution in [1.29, 1.82) is 0 Å². The van der Waals surface area contributed by atoms with E-state index in [2.05, 4.69) is 19.2 Å². The first-order chi connectivity index (χ1) is 9.97. The summed E-state index contributed by atoms with van der Waals surface area (Å²) in [5.41, 5.74) is 8.09. The highest BCUT2D eigenvalue weighted by Gasteiger charge is 2.17. The fourth-order valence-electron chi connectivity index (χ4n) is 2.10. The summed E-state index contributed by atoms with van der Waals surface area (Å²) in [6, 6.07) is 12.9. The van der Waals surface area contributed by atoms with Gasteiger partial charge in [-0.2, -0.15) is 0 Å². The Labute approximate surface area is 124 Å². The molecule has 0 aliphatic carbocycles. The standard InChI is InChI=1S/C17H19FN2O/c1-11(2)12-5-9-15(10-6-12)20-16(17(19)21)13-3-7-14(18)8-4-13/h3-11,16,20H,1-2H3,(H2,19,21). The van der Waals surface area contributed by atoms with Crippen molar-refractivity contribution in [3.8, 4) is 0 Å². The zero-order chi connectivity index (χ0) is 15.4. The fourth-order valence-corrected chi connectivity index (χ4v) is 2.10. The van der Waals surface area contributed by atoms with Crippen LogP contribution in [0.5, 0.6) is 0 Å². The van der Waals surface area contributed by atoms with Crippen LogP contribution in [0.1, 0.15) is 36.9 Å². The SMILES string of the molecule is CC(C)c1ccc(NC(C(N)=O)c2ccc(F)cc2)cc1. The van der Waals surface area contributed by atoms with E-state index in [-0.39, 0.29) is 5.82 Å². The van der Waals surface area contributed by atoms with Gasteiger partial charge in [-0.15, -0.1) is 0 Å². The van der Waals surface area contributed by atoms with Crippen molar-refractivity contribution in [3.63, 3.8) is 0 Å². The minimum Gasteiger partial charge on any atom is -0.370 e. The largest absolute Gasteiger partial charge is 0.370 e. The van der Waals surface area contributed by atoms with Gasteiger partial charge in [0, 0.05) is 5.69 Å². The monoisotopic (exact) mass is 286 g/mol. The average molecular weight is 286 g/mol. The third kappa shape index (κ3) is 3.81. The second-order valence-electron chi connectivity index (χ2n) is 5.31. The normalized spacial score (nSPS) is 12.2. The Morgan fingerprint density at radius 2 is 1.52 bits per heavy atom. The number of hydrogen-bond acceptors (Lipinski definition) is 2. The maximum atomic E-state index is 13.0. The van der Waals surface area contributed by atoms with Crippen LogP contribution in [0.3, 0.4) is 0 Å². The molecule has 0 saturated carbocycles. The lowest BCUT2D eigenvalue weighted by atomic mass is 10.0. The topological polar surface area (TPSA) is 55.1 Å². The van der Waals surface area contributed by atoms with Gasteiger partial charge in [-0.05, 0) is 41.3 Å². The molecule has 0 aliphatic rings. The lowest BCUT2D eigenvalue weighted by molar-refractivity contribution is -0.118. The molecule has 110 valence electrons. The molecule has 0 heterocycles. The van der Waals surface area contributed by atoms with Crippen LogP contribution < -0.4 is 11.1 Å². The van der Waals surface area contributed by atoms with Crippen LogP contribution in [0, 0.1) is 5.82 Å². The van der Waals surface area contributed by atoms with Gasteiger partial charge in [0.1, 0.15) is 11.9 Å². The number of rotatable bonds is 5. The number of nitrogens with two attached hydrogens (primary N) is 1. The predicted octanol–water partition coefficient (Wildman–Crippen LogP) is 3.59. The molecule has 0 fully saturated rings. The van der Waals surface area contributed by atoms with Crippen molar-refractivity contribution in [2.24, 2.45) is 5.73 Å². The van der Waals surface area contributed by atoms with Gasteiger partial charge in [-0.3, -0.25) is 4.79 Å². The van der Waals surface area contributed by atoms with E-state index < -0.39 is 11.9 Å². The number of benzene rings is 2. The molecule has 4 heteroatoms. The molecule has 2 rings (SSSR count). The summed E-state index contributed by atoms with van der Waals surface area (Å²) in [6.07, 6.45) is 0. The molecule has 3 N–H and O–H groups in total. The smallest absolute Gasteiger partial charge is 0.244 e. The molecule has 2 aromatic carbocycles. The first kappa shape index (κ1) is 15.0. The maximum absolute atomic E-state index is 13.0. The Morgan fingerprint density at radius 1 is 1.00 bits per heavy atom. The highest BCUT2D eigenvalue weighted by molar-refractivity contribution is 5.84. The van der Waals surface area contributed by atoms with Crippen molar-refractivity contribution >= 4 is 11.6 Å². The first-order valence-corrected chi connectivity index (χ1v) is 6.88. The summed E-state index contributed by atoms with van der Waals surface area (Å²) in [7, 11) is 0.